The van der Waals surface area contributed by atoms with Gasteiger partial charge in [0.25, 0.3) is 0 Å². The van der Waals surface area contributed by atoms with Gasteiger partial charge >= 0.3 is 0 Å². The van der Waals surface area contributed by atoms with Gasteiger partial charge in [0.15, 0.2) is 5.96 Å². The number of benzene rings is 2. The number of guanidine groups is 1. The number of hydrogen-bond donors (Lipinski definition) is 2. The van der Waals surface area contributed by atoms with E-state index in [1.165, 1.54) is 12.8 Å². The molecule has 5 heteroatoms. The normalized spacial score (nSPS) is 15.2. The van der Waals surface area contributed by atoms with E-state index < -0.39 is 0 Å². The molecule has 3 rings (SSSR count). The van der Waals surface area contributed by atoms with Crippen molar-refractivity contribution < 1.29 is 9.47 Å². The molecule has 1 fully saturated rings. The Morgan fingerprint density at radius 1 is 1.16 bits per heavy atom. The predicted octanol–water partition coefficient (Wildman–Crippen LogP) is 3.94. The fourth-order valence-electron chi connectivity index (χ4n) is 2.97. The maximum Gasteiger partial charge on any atom is 0.193 e. The van der Waals surface area contributed by atoms with Gasteiger partial charge < -0.3 is 20.5 Å². The summed E-state index contributed by atoms with van der Waals surface area (Å²) in [5.74, 6) is 2.01. The van der Waals surface area contributed by atoms with Crippen LogP contribution in [0, 0.1) is 0 Å². The molecule has 2 aromatic rings. The van der Waals surface area contributed by atoms with E-state index in [1.807, 2.05) is 48.5 Å². The van der Waals surface area contributed by atoms with Crippen LogP contribution in [-0.4, -0.2) is 19.2 Å². The third-order valence-electron chi connectivity index (χ3n) is 4.34. The molecule has 0 saturated heterocycles. The average Bonchev–Trinajstić information content (AvgIpc) is 3.14. The highest BCUT2D eigenvalue weighted by Gasteiger charge is 2.18. The Balaban J connectivity index is 1.70. The summed E-state index contributed by atoms with van der Waals surface area (Å²) in [7, 11) is 1.66. The second-order valence-corrected chi connectivity index (χ2v) is 6.19. The van der Waals surface area contributed by atoms with Crippen LogP contribution in [0.2, 0.25) is 0 Å². The number of nitrogens with zero attached hydrogens (tertiary/aromatic N) is 1. The summed E-state index contributed by atoms with van der Waals surface area (Å²) >= 11 is 0. The second kappa shape index (κ2) is 8.42. The molecular weight excluding hydrogens is 314 g/mol. The molecule has 2 aromatic carbocycles. The fourth-order valence-corrected chi connectivity index (χ4v) is 2.97. The standard InChI is InChI=1S/C20H25N3O2/c1-24-18-12-11-15(19(13-18)25-17-9-5-6-10-17)14-22-20(21)23-16-7-3-2-4-8-16/h2-4,7-8,11-13,17H,5-6,9-10,14H2,1H3,(H3,21,22,23). The number of ether oxygens (including phenoxy) is 2. The summed E-state index contributed by atoms with van der Waals surface area (Å²) in [6.45, 7) is 0.456. The molecule has 0 unspecified atom stereocenters. The number of methoxy groups -OCH3 is 1. The van der Waals surface area contributed by atoms with Gasteiger partial charge in [0.05, 0.1) is 19.8 Å². The van der Waals surface area contributed by atoms with E-state index in [4.69, 9.17) is 15.2 Å². The Hall–Kier alpha value is -2.69. The van der Waals surface area contributed by atoms with Gasteiger partial charge in [-0.1, -0.05) is 18.2 Å². The molecule has 0 aliphatic heterocycles. The molecular formula is C20H25N3O2. The van der Waals surface area contributed by atoms with E-state index in [2.05, 4.69) is 10.3 Å². The molecule has 0 heterocycles. The zero-order chi connectivity index (χ0) is 17.5. The van der Waals surface area contributed by atoms with E-state index in [-0.39, 0.29) is 6.10 Å². The number of nitrogens with one attached hydrogen (secondary N) is 1. The number of nitrogens with two attached hydrogens (primary N) is 1. The molecule has 132 valence electrons. The molecule has 3 N–H and O–H groups in total. The van der Waals surface area contributed by atoms with Crippen LogP contribution < -0.4 is 20.5 Å². The highest BCUT2D eigenvalue weighted by Crippen LogP contribution is 2.30. The highest BCUT2D eigenvalue weighted by molar-refractivity contribution is 5.92. The molecule has 0 radical (unpaired) electrons. The molecule has 1 aliphatic rings. The first-order valence-corrected chi connectivity index (χ1v) is 8.70. The number of para-hydroxylation sites is 1. The summed E-state index contributed by atoms with van der Waals surface area (Å²) in [6, 6.07) is 15.6. The largest absolute Gasteiger partial charge is 0.497 e. The molecule has 0 bridgehead atoms. The molecule has 1 aliphatic carbocycles. The van der Waals surface area contributed by atoms with Gasteiger partial charge in [-0.05, 0) is 49.9 Å². The van der Waals surface area contributed by atoms with Gasteiger partial charge in [0, 0.05) is 17.3 Å². The first-order valence-electron chi connectivity index (χ1n) is 8.70. The van der Waals surface area contributed by atoms with E-state index in [0.29, 0.717) is 12.5 Å². The SMILES string of the molecule is COc1ccc(CN=C(N)Nc2ccccc2)c(OC2CCCC2)c1. The topological polar surface area (TPSA) is 68.9 Å². The molecule has 0 atom stereocenters. The smallest absolute Gasteiger partial charge is 0.193 e. The maximum absolute atomic E-state index is 6.19. The minimum Gasteiger partial charge on any atom is -0.497 e. The lowest BCUT2D eigenvalue weighted by Gasteiger charge is -2.17. The van der Waals surface area contributed by atoms with Crippen molar-refractivity contribution in [2.45, 2.75) is 38.3 Å². The van der Waals surface area contributed by atoms with E-state index >= 15 is 0 Å². The van der Waals surface area contributed by atoms with Gasteiger partial charge in [0.1, 0.15) is 11.5 Å². The first kappa shape index (κ1) is 17.1. The second-order valence-electron chi connectivity index (χ2n) is 6.19. The molecule has 0 spiro atoms. The van der Waals surface area contributed by atoms with Crippen LogP contribution in [-0.2, 0) is 6.54 Å². The highest BCUT2D eigenvalue weighted by atomic mass is 16.5. The fraction of sp³-hybridized carbons (Fsp3) is 0.350. The lowest BCUT2D eigenvalue weighted by atomic mass is 10.2. The monoisotopic (exact) mass is 339 g/mol. The summed E-state index contributed by atoms with van der Waals surface area (Å²) in [5.41, 5.74) is 7.92. The third kappa shape index (κ3) is 4.89. The van der Waals surface area contributed by atoms with Crippen molar-refractivity contribution in [3.63, 3.8) is 0 Å². The zero-order valence-corrected chi connectivity index (χ0v) is 14.6. The van der Waals surface area contributed by atoms with Crippen LogP contribution in [0.15, 0.2) is 53.5 Å². The Bertz CT molecular complexity index is 710. The van der Waals surface area contributed by atoms with Crippen molar-refractivity contribution in [3.8, 4) is 11.5 Å². The number of rotatable bonds is 6. The van der Waals surface area contributed by atoms with Gasteiger partial charge in [-0.2, -0.15) is 0 Å². The van der Waals surface area contributed by atoms with Crippen LogP contribution in [0.3, 0.4) is 0 Å². The molecule has 25 heavy (non-hydrogen) atoms. The van der Waals surface area contributed by atoms with Crippen molar-refractivity contribution in [2.75, 3.05) is 12.4 Å². The summed E-state index contributed by atoms with van der Waals surface area (Å²) in [5, 5.41) is 3.09. The van der Waals surface area contributed by atoms with Crippen LogP contribution >= 0.6 is 0 Å². The lowest BCUT2D eigenvalue weighted by molar-refractivity contribution is 0.207. The van der Waals surface area contributed by atoms with Gasteiger partial charge in [0.2, 0.25) is 0 Å². The average molecular weight is 339 g/mol. The number of aliphatic imine (C=N–C) groups is 1. The summed E-state index contributed by atoms with van der Waals surface area (Å²) < 4.78 is 11.5. The number of anilines is 1. The summed E-state index contributed by atoms with van der Waals surface area (Å²) in [4.78, 5) is 4.44. The van der Waals surface area contributed by atoms with Crippen LogP contribution in [0.25, 0.3) is 0 Å². The first-order chi connectivity index (χ1) is 12.2. The molecule has 0 aromatic heterocycles. The Morgan fingerprint density at radius 3 is 2.64 bits per heavy atom. The maximum atomic E-state index is 6.19. The van der Waals surface area contributed by atoms with Gasteiger partial charge in [-0.3, -0.25) is 0 Å². The van der Waals surface area contributed by atoms with Gasteiger partial charge in [-0.25, -0.2) is 4.99 Å². The van der Waals surface area contributed by atoms with E-state index in [1.54, 1.807) is 7.11 Å². The van der Waals surface area contributed by atoms with Crippen LogP contribution in [0.5, 0.6) is 11.5 Å². The molecule has 0 amide bonds. The third-order valence-corrected chi connectivity index (χ3v) is 4.34. The van der Waals surface area contributed by atoms with Crippen LogP contribution in [0.4, 0.5) is 5.69 Å². The zero-order valence-electron chi connectivity index (χ0n) is 14.6. The van der Waals surface area contributed by atoms with Crippen molar-refractivity contribution >= 4 is 11.6 Å². The quantitative estimate of drug-likeness (QED) is 0.618. The minimum atomic E-state index is 0.287. The van der Waals surface area contributed by atoms with Gasteiger partial charge in [-0.15, -0.1) is 0 Å². The van der Waals surface area contributed by atoms with Crippen molar-refractivity contribution in [2.24, 2.45) is 10.7 Å². The van der Waals surface area contributed by atoms with E-state index in [0.717, 1.165) is 35.6 Å². The Kier molecular flexibility index (Phi) is 5.77. The minimum absolute atomic E-state index is 0.287. The molecule has 5 nitrogen and oxygen atoms in total. The van der Waals surface area contributed by atoms with Crippen molar-refractivity contribution in [3.05, 3.63) is 54.1 Å². The lowest BCUT2D eigenvalue weighted by Crippen LogP contribution is -2.22. The Labute approximate surface area is 148 Å². The Morgan fingerprint density at radius 2 is 1.92 bits per heavy atom. The summed E-state index contributed by atoms with van der Waals surface area (Å²) in [6.07, 6.45) is 4.97. The molecule has 1 saturated carbocycles. The van der Waals surface area contributed by atoms with Crippen molar-refractivity contribution in [1.29, 1.82) is 0 Å². The predicted molar refractivity (Wildman–Crippen MR) is 101 cm³/mol. The van der Waals surface area contributed by atoms with Crippen LogP contribution in [0.1, 0.15) is 31.2 Å². The van der Waals surface area contributed by atoms with Crippen molar-refractivity contribution in [1.82, 2.24) is 0 Å². The van der Waals surface area contributed by atoms with E-state index in [9.17, 15) is 0 Å². The number of hydrogen-bond acceptors (Lipinski definition) is 3.